The Labute approximate surface area is 473 Å². The molecule has 0 saturated carbocycles. The second-order valence-corrected chi connectivity index (χ2v) is 19.2. The van der Waals surface area contributed by atoms with Crippen LogP contribution < -0.4 is 28.4 Å². The Balaban J connectivity index is 0.000000167. The van der Waals surface area contributed by atoms with Gasteiger partial charge in [0, 0.05) is 10.0 Å². The molecule has 0 aliphatic carbocycles. The third kappa shape index (κ3) is 17.0. The average molecular weight is 1130 g/mol. The highest BCUT2D eigenvalue weighted by atomic mass is 79.9. The van der Waals surface area contributed by atoms with Crippen LogP contribution >= 0.6 is 15.9 Å². The Morgan fingerprint density at radius 1 is 0.463 bits per heavy atom. The Bertz CT molecular complexity index is 3630. The summed E-state index contributed by atoms with van der Waals surface area (Å²) in [6.45, 7) is 18.8. The fourth-order valence-electron chi connectivity index (χ4n) is 7.51. The first kappa shape index (κ1) is 59.3. The van der Waals surface area contributed by atoms with Crippen molar-refractivity contribution in [1.82, 2.24) is 29.9 Å². The molecule has 0 saturated heterocycles. The quantitative estimate of drug-likeness (QED) is 0.0567. The molecular weight excluding hydrogens is 1070 g/mol. The lowest BCUT2D eigenvalue weighted by Crippen LogP contribution is -2.29. The zero-order valence-corrected chi connectivity index (χ0v) is 46.4. The number of nitrogens with two attached hydrogens (primary N) is 4. The van der Waals surface area contributed by atoms with Gasteiger partial charge in [0.05, 0.1) is 23.8 Å². The number of phenols is 2. The van der Waals surface area contributed by atoms with Gasteiger partial charge in [-0.25, -0.2) is 4.85 Å². The molecule has 0 fully saturated rings. The molecule has 0 unspecified atom stereocenters. The fraction of sp³-hybridized carbons (Fsp3) is 0.0968. The first-order valence-corrected chi connectivity index (χ1v) is 25.5. The number of anilines is 4. The standard InChI is InChI=1S/C17H17N5.C15H13N5O2.C15H13N.C8H6BrN.C7H9BO2/c1-10-3-6-12(7-4-10)13-8-5-11(2)14(9-13)15-20-16(18)22-17(19)21-15;16-14-18-13(19-15(17)20-14)11-7-9(3-6-12(11)22)8-1-4-10(21)5-2-8;1-11-3-6-13(7-4-11)14-8-5-12(2)15(9-14)10-16;1-6-3-4-7(9)5-8(6)10-2;1-6-2-4-7(5-3-6)8(9)10/h3-9H,1-2H3,(H4,18,19,20,21,22);1-7,21-22H,(H4,16,17,18,19,20);3-9H,1-2H3;3-5H,1H3;2-5,9-10H,1H3. The van der Waals surface area contributed by atoms with Crippen LogP contribution in [0.15, 0.2) is 174 Å². The van der Waals surface area contributed by atoms with Crippen molar-refractivity contribution in [2.75, 3.05) is 22.9 Å². The van der Waals surface area contributed by atoms with E-state index in [0.29, 0.717) is 16.9 Å². The van der Waals surface area contributed by atoms with Crippen molar-refractivity contribution in [2.45, 2.75) is 41.5 Å². The van der Waals surface area contributed by atoms with Crippen molar-refractivity contribution < 1.29 is 20.3 Å². The molecule has 18 heteroatoms. The number of halogens is 1. The van der Waals surface area contributed by atoms with Crippen molar-refractivity contribution in [3.05, 3.63) is 225 Å². The molecule has 80 heavy (non-hydrogen) atoms. The molecule has 10 aromatic rings. The van der Waals surface area contributed by atoms with Gasteiger partial charge in [0.15, 0.2) is 17.3 Å². The number of nitriles is 1. The van der Waals surface area contributed by atoms with E-state index in [2.05, 4.69) is 131 Å². The van der Waals surface area contributed by atoms with Crippen LogP contribution in [0.2, 0.25) is 0 Å². The molecule has 400 valence electrons. The summed E-state index contributed by atoms with van der Waals surface area (Å²) in [6, 6.07) is 55.6. The predicted molar refractivity (Wildman–Crippen MR) is 324 cm³/mol. The smallest absolute Gasteiger partial charge is 0.488 e. The van der Waals surface area contributed by atoms with E-state index in [1.807, 2.05) is 82.3 Å². The zero-order valence-electron chi connectivity index (χ0n) is 44.8. The molecule has 0 aliphatic heterocycles. The summed E-state index contributed by atoms with van der Waals surface area (Å²) in [5.74, 6) is 1.10. The second-order valence-electron chi connectivity index (χ2n) is 18.3. The number of phenolic OH excluding ortho intramolecular Hbond substituents is 2. The van der Waals surface area contributed by atoms with Crippen LogP contribution in [-0.2, 0) is 0 Å². The van der Waals surface area contributed by atoms with Gasteiger partial charge in [0.25, 0.3) is 0 Å². The number of benzene rings is 8. The van der Waals surface area contributed by atoms with E-state index in [0.717, 1.165) is 76.9 Å². The van der Waals surface area contributed by atoms with Gasteiger partial charge in [-0.05, 0) is 140 Å². The van der Waals surface area contributed by atoms with Crippen molar-refractivity contribution in [2.24, 2.45) is 0 Å². The number of rotatable bonds is 6. The van der Waals surface area contributed by atoms with E-state index in [9.17, 15) is 10.2 Å². The Hall–Kier alpha value is -9.98. The number of nitrogen functional groups attached to an aromatic ring is 4. The van der Waals surface area contributed by atoms with Gasteiger partial charge in [0.1, 0.15) is 11.5 Å². The third-order valence-electron chi connectivity index (χ3n) is 12.1. The molecule has 0 amide bonds. The van der Waals surface area contributed by atoms with Crippen LogP contribution in [-0.4, -0.2) is 57.3 Å². The average Bonchev–Trinajstić information content (AvgIpc) is 3.43. The molecule has 12 N–H and O–H groups in total. The van der Waals surface area contributed by atoms with Crippen LogP contribution in [0.5, 0.6) is 11.5 Å². The molecular formula is C62H58BBrN12O4. The maximum Gasteiger partial charge on any atom is 0.488 e. The minimum Gasteiger partial charge on any atom is -0.508 e. The summed E-state index contributed by atoms with van der Waals surface area (Å²) in [5, 5.41) is 45.7. The lowest BCUT2D eigenvalue weighted by molar-refractivity contribution is 0.425. The molecule has 8 aromatic carbocycles. The summed E-state index contributed by atoms with van der Waals surface area (Å²) in [4.78, 5) is 27.2. The van der Waals surface area contributed by atoms with Gasteiger partial charge < -0.3 is 43.2 Å². The lowest BCUT2D eigenvalue weighted by Gasteiger charge is -2.09. The van der Waals surface area contributed by atoms with Crippen LogP contribution in [0.3, 0.4) is 0 Å². The highest BCUT2D eigenvalue weighted by Crippen LogP contribution is 2.33. The van der Waals surface area contributed by atoms with Crippen molar-refractivity contribution in [3.8, 4) is 73.7 Å². The van der Waals surface area contributed by atoms with E-state index >= 15 is 0 Å². The maximum atomic E-state index is 10.0. The van der Waals surface area contributed by atoms with Crippen LogP contribution in [0.1, 0.15) is 38.9 Å². The SMILES string of the molecule is Cc1ccc(-c2ccc(C)c(-c3nc(N)nc(N)n3)c2)cc1.Cc1ccc(-c2ccc(C)c(C#N)c2)cc1.Cc1ccc(B(O)O)cc1.Nc1nc(N)nc(-c2cc(-c3ccc(O)cc3)ccc2O)n1.[C-]#[N+]c1cc(Br)ccc1C. The fourth-order valence-corrected chi connectivity index (χ4v) is 7.86. The molecule has 0 atom stereocenters. The molecule has 0 bridgehead atoms. The Morgan fingerprint density at radius 2 is 0.850 bits per heavy atom. The first-order chi connectivity index (χ1) is 38.2. The maximum absolute atomic E-state index is 10.0. The summed E-state index contributed by atoms with van der Waals surface area (Å²) < 4.78 is 0.962. The molecule has 0 aliphatic rings. The number of nitrogens with zero attached hydrogens (tertiary/aromatic N) is 8. The largest absolute Gasteiger partial charge is 0.508 e. The molecule has 10 rings (SSSR count). The van der Waals surface area contributed by atoms with E-state index in [-0.39, 0.29) is 41.1 Å². The number of hydrogen-bond acceptors (Lipinski definition) is 15. The highest BCUT2D eigenvalue weighted by Gasteiger charge is 2.14. The molecule has 2 aromatic heterocycles. The Kier molecular flexibility index (Phi) is 20.7. The van der Waals surface area contributed by atoms with Gasteiger partial charge in [-0.3, -0.25) is 0 Å². The van der Waals surface area contributed by atoms with E-state index in [1.54, 1.807) is 48.5 Å². The summed E-state index contributed by atoms with van der Waals surface area (Å²) in [6.07, 6.45) is 0. The summed E-state index contributed by atoms with van der Waals surface area (Å²) in [7, 11) is -1.35. The summed E-state index contributed by atoms with van der Waals surface area (Å²) in [5.41, 5.74) is 38.6. The van der Waals surface area contributed by atoms with Gasteiger partial charge in [0.2, 0.25) is 23.8 Å². The van der Waals surface area contributed by atoms with Crippen LogP contribution in [0.25, 0.3) is 61.0 Å². The van der Waals surface area contributed by atoms with Crippen LogP contribution in [0.4, 0.5) is 29.5 Å². The van der Waals surface area contributed by atoms with Gasteiger partial charge in [-0.2, -0.15) is 35.2 Å². The lowest BCUT2D eigenvalue weighted by atomic mass is 9.80. The number of aromatic nitrogens is 6. The second kappa shape index (κ2) is 27.9. The summed E-state index contributed by atoms with van der Waals surface area (Å²) >= 11 is 3.29. The third-order valence-corrected chi connectivity index (χ3v) is 12.5. The first-order valence-electron chi connectivity index (χ1n) is 24.7. The van der Waals surface area contributed by atoms with E-state index in [1.165, 1.54) is 17.2 Å². The van der Waals surface area contributed by atoms with Gasteiger partial charge in [-0.15, -0.1) is 0 Å². The van der Waals surface area contributed by atoms with Crippen molar-refractivity contribution in [3.63, 3.8) is 0 Å². The number of aryl methyl sites for hydroxylation is 6. The van der Waals surface area contributed by atoms with Crippen LogP contribution in [0, 0.1) is 59.4 Å². The zero-order chi connectivity index (χ0) is 58.0. The van der Waals surface area contributed by atoms with Gasteiger partial charge >= 0.3 is 7.12 Å². The minimum absolute atomic E-state index is 0.00697. The molecule has 0 spiro atoms. The predicted octanol–water partition coefficient (Wildman–Crippen LogP) is 11.6. The Morgan fingerprint density at radius 3 is 1.30 bits per heavy atom. The normalized spacial score (nSPS) is 10.1. The molecule has 16 nitrogen and oxygen atoms in total. The van der Waals surface area contributed by atoms with Crippen molar-refractivity contribution >= 4 is 58.0 Å². The van der Waals surface area contributed by atoms with E-state index in [4.69, 9.17) is 44.8 Å². The number of hydrogen-bond donors (Lipinski definition) is 8. The molecule has 2 heterocycles. The van der Waals surface area contributed by atoms with Crippen molar-refractivity contribution in [1.29, 1.82) is 5.26 Å². The monoisotopic (exact) mass is 1120 g/mol. The number of aromatic hydroxyl groups is 2. The highest BCUT2D eigenvalue weighted by molar-refractivity contribution is 9.10. The van der Waals surface area contributed by atoms with E-state index < -0.39 is 7.12 Å². The van der Waals surface area contributed by atoms with Gasteiger partial charge in [-0.1, -0.05) is 160 Å². The topological polar surface area (TPSA) is 290 Å². The minimum atomic E-state index is -1.35. The molecule has 0 radical (unpaired) electrons.